The Balaban J connectivity index is 1.75. The summed E-state index contributed by atoms with van der Waals surface area (Å²) in [7, 11) is 0. The van der Waals surface area contributed by atoms with Crippen molar-refractivity contribution in [3.8, 4) is 0 Å². The number of thioether (sulfide) groups is 1. The topological polar surface area (TPSA) is 17.1 Å². The van der Waals surface area contributed by atoms with E-state index in [1.807, 2.05) is 66.7 Å². The summed E-state index contributed by atoms with van der Waals surface area (Å²) in [4.78, 5) is 13.4. The van der Waals surface area contributed by atoms with E-state index in [1.165, 1.54) is 5.39 Å². The van der Waals surface area contributed by atoms with E-state index in [0.29, 0.717) is 5.75 Å². The smallest absolute Gasteiger partial charge is 0.173 e. The maximum absolute atomic E-state index is 12.2. The minimum atomic E-state index is 0.171. The molecule has 0 N–H and O–H groups in total. The van der Waals surface area contributed by atoms with Crippen LogP contribution in [0.2, 0.25) is 0 Å². The van der Waals surface area contributed by atoms with Crippen LogP contribution in [0.25, 0.3) is 10.8 Å². The van der Waals surface area contributed by atoms with Crippen LogP contribution >= 0.6 is 11.8 Å². The average molecular weight is 278 g/mol. The summed E-state index contributed by atoms with van der Waals surface area (Å²) in [6.07, 6.45) is 0. The van der Waals surface area contributed by atoms with Crippen LogP contribution in [0.15, 0.2) is 77.7 Å². The van der Waals surface area contributed by atoms with Gasteiger partial charge in [-0.1, -0.05) is 54.6 Å². The molecule has 0 aliphatic heterocycles. The van der Waals surface area contributed by atoms with Gasteiger partial charge in [-0.05, 0) is 29.0 Å². The van der Waals surface area contributed by atoms with Crippen LogP contribution in [0.5, 0.6) is 0 Å². The molecule has 3 rings (SSSR count). The highest BCUT2D eigenvalue weighted by atomic mass is 32.2. The minimum absolute atomic E-state index is 0.171. The number of carbonyl (C=O) groups is 1. The summed E-state index contributed by atoms with van der Waals surface area (Å²) >= 11 is 1.58. The zero-order valence-electron chi connectivity index (χ0n) is 11.0. The van der Waals surface area contributed by atoms with Crippen LogP contribution in [-0.4, -0.2) is 11.5 Å². The number of hydrogen-bond acceptors (Lipinski definition) is 2. The largest absolute Gasteiger partial charge is 0.293 e. The molecule has 0 heterocycles. The lowest BCUT2D eigenvalue weighted by Gasteiger charge is -2.03. The summed E-state index contributed by atoms with van der Waals surface area (Å²) in [5.41, 5.74) is 0.784. The predicted octanol–water partition coefficient (Wildman–Crippen LogP) is 4.81. The Hall–Kier alpha value is -2.06. The van der Waals surface area contributed by atoms with E-state index in [-0.39, 0.29) is 5.78 Å². The van der Waals surface area contributed by atoms with Crippen molar-refractivity contribution in [3.05, 3.63) is 78.4 Å². The van der Waals surface area contributed by atoms with E-state index in [0.717, 1.165) is 15.8 Å². The second-order valence-corrected chi connectivity index (χ2v) is 5.64. The van der Waals surface area contributed by atoms with Gasteiger partial charge in [0.05, 0.1) is 5.75 Å². The van der Waals surface area contributed by atoms with Gasteiger partial charge in [-0.25, -0.2) is 0 Å². The molecule has 20 heavy (non-hydrogen) atoms. The average Bonchev–Trinajstić information content (AvgIpc) is 2.53. The number of benzene rings is 3. The van der Waals surface area contributed by atoms with Crippen molar-refractivity contribution in [3.63, 3.8) is 0 Å². The Morgan fingerprint density at radius 1 is 0.800 bits per heavy atom. The van der Waals surface area contributed by atoms with Crippen LogP contribution in [0, 0.1) is 0 Å². The van der Waals surface area contributed by atoms with E-state index in [1.54, 1.807) is 11.8 Å². The summed E-state index contributed by atoms with van der Waals surface area (Å²) in [5, 5.41) is 2.28. The van der Waals surface area contributed by atoms with Gasteiger partial charge in [0.2, 0.25) is 0 Å². The van der Waals surface area contributed by atoms with Crippen LogP contribution in [0.4, 0.5) is 0 Å². The number of fused-ring (bicyclic) bond motifs is 1. The molecular formula is C18H14OS. The van der Waals surface area contributed by atoms with Gasteiger partial charge in [0.15, 0.2) is 5.78 Å². The van der Waals surface area contributed by atoms with Crippen LogP contribution in [-0.2, 0) is 0 Å². The summed E-state index contributed by atoms with van der Waals surface area (Å²) in [5.74, 6) is 0.645. The van der Waals surface area contributed by atoms with Crippen molar-refractivity contribution in [2.75, 3.05) is 5.75 Å². The Bertz CT molecular complexity index is 735. The zero-order chi connectivity index (χ0) is 13.8. The Morgan fingerprint density at radius 3 is 2.30 bits per heavy atom. The molecule has 0 amide bonds. The summed E-state index contributed by atoms with van der Waals surface area (Å²) in [6.45, 7) is 0. The number of rotatable bonds is 4. The third-order valence-electron chi connectivity index (χ3n) is 3.18. The minimum Gasteiger partial charge on any atom is -0.293 e. The molecule has 3 aromatic rings. The molecule has 0 radical (unpaired) electrons. The number of hydrogen-bond donors (Lipinski definition) is 0. The van der Waals surface area contributed by atoms with Gasteiger partial charge in [0.25, 0.3) is 0 Å². The first-order valence-corrected chi connectivity index (χ1v) is 7.51. The molecule has 1 nitrogen and oxygen atoms in total. The number of Topliss-reactive ketones (excluding diaryl/α,β-unsaturated/α-hetero) is 1. The second kappa shape index (κ2) is 5.93. The van der Waals surface area contributed by atoms with Gasteiger partial charge >= 0.3 is 0 Å². The van der Waals surface area contributed by atoms with Gasteiger partial charge < -0.3 is 0 Å². The van der Waals surface area contributed by atoms with Crippen molar-refractivity contribution < 1.29 is 4.79 Å². The van der Waals surface area contributed by atoms with E-state index in [9.17, 15) is 4.79 Å². The molecule has 98 valence electrons. The lowest BCUT2D eigenvalue weighted by Crippen LogP contribution is -2.02. The van der Waals surface area contributed by atoms with E-state index < -0.39 is 0 Å². The van der Waals surface area contributed by atoms with Crippen molar-refractivity contribution in [1.29, 1.82) is 0 Å². The van der Waals surface area contributed by atoms with Crippen LogP contribution < -0.4 is 0 Å². The molecule has 0 fully saturated rings. The Kier molecular flexibility index (Phi) is 3.84. The standard InChI is InChI=1S/C18H14OS/c19-18(13-20-17-8-2-1-3-9-17)16-11-10-14-6-4-5-7-15(14)12-16/h1-12H,13H2. The molecular weight excluding hydrogens is 264 g/mol. The normalized spacial score (nSPS) is 10.6. The van der Waals surface area contributed by atoms with E-state index in [2.05, 4.69) is 6.07 Å². The SMILES string of the molecule is O=C(CSc1ccccc1)c1ccc2ccccc2c1. The highest BCUT2D eigenvalue weighted by molar-refractivity contribution is 8.00. The monoisotopic (exact) mass is 278 g/mol. The van der Waals surface area contributed by atoms with Gasteiger partial charge in [0, 0.05) is 10.5 Å². The fourth-order valence-electron chi connectivity index (χ4n) is 2.11. The van der Waals surface area contributed by atoms with Gasteiger partial charge in [-0.3, -0.25) is 4.79 Å². The number of carbonyl (C=O) groups excluding carboxylic acids is 1. The first kappa shape index (κ1) is 12.9. The third kappa shape index (κ3) is 2.91. The van der Waals surface area contributed by atoms with Crippen molar-refractivity contribution in [2.24, 2.45) is 0 Å². The molecule has 0 aliphatic rings. The summed E-state index contributed by atoms with van der Waals surface area (Å²) < 4.78 is 0. The second-order valence-electron chi connectivity index (χ2n) is 4.59. The third-order valence-corrected chi connectivity index (χ3v) is 4.20. The number of ketones is 1. The Labute approximate surface area is 122 Å². The van der Waals surface area contributed by atoms with E-state index >= 15 is 0 Å². The predicted molar refractivity (Wildman–Crippen MR) is 85.4 cm³/mol. The highest BCUT2D eigenvalue weighted by Crippen LogP contribution is 2.20. The summed E-state index contributed by atoms with van der Waals surface area (Å²) in [6, 6.07) is 24.0. The maximum Gasteiger partial charge on any atom is 0.173 e. The lowest BCUT2D eigenvalue weighted by atomic mass is 10.1. The molecule has 0 spiro atoms. The maximum atomic E-state index is 12.2. The van der Waals surface area contributed by atoms with Gasteiger partial charge in [-0.15, -0.1) is 11.8 Å². The van der Waals surface area contributed by atoms with Gasteiger partial charge in [-0.2, -0.15) is 0 Å². The molecule has 0 bridgehead atoms. The molecule has 3 aromatic carbocycles. The highest BCUT2D eigenvalue weighted by Gasteiger charge is 2.07. The van der Waals surface area contributed by atoms with Crippen molar-refractivity contribution in [2.45, 2.75) is 4.90 Å². The van der Waals surface area contributed by atoms with Crippen LogP contribution in [0.1, 0.15) is 10.4 Å². The molecule has 0 atom stereocenters. The molecule has 0 saturated carbocycles. The molecule has 2 heteroatoms. The lowest BCUT2D eigenvalue weighted by molar-refractivity contribution is 0.102. The zero-order valence-corrected chi connectivity index (χ0v) is 11.8. The molecule has 0 unspecified atom stereocenters. The fourth-order valence-corrected chi connectivity index (χ4v) is 2.93. The van der Waals surface area contributed by atoms with Crippen LogP contribution in [0.3, 0.4) is 0 Å². The molecule has 0 aromatic heterocycles. The molecule has 0 saturated heterocycles. The first-order valence-electron chi connectivity index (χ1n) is 6.53. The Morgan fingerprint density at radius 2 is 1.50 bits per heavy atom. The fraction of sp³-hybridized carbons (Fsp3) is 0.0556. The van der Waals surface area contributed by atoms with Crippen molar-refractivity contribution >= 4 is 28.3 Å². The van der Waals surface area contributed by atoms with Crippen molar-refractivity contribution in [1.82, 2.24) is 0 Å². The van der Waals surface area contributed by atoms with Gasteiger partial charge in [0.1, 0.15) is 0 Å². The quantitative estimate of drug-likeness (QED) is 0.503. The first-order chi connectivity index (χ1) is 9.83. The van der Waals surface area contributed by atoms with E-state index in [4.69, 9.17) is 0 Å². The molecule has 0 aliphatic carbocycles.